The first-order chi connectivity index (χ1) is 13.8. The van der Waals surface area contributed by atoms with Gasteiger partial charge in [0.25, 0.3) is 5.91 Å². The number of amides is 1. The van der Waals surface area contributed by atoms with Crippen molar-refractivity contribution in [2.24, 2.45) is 0 Å². The summed E-state index contributed by atoms with van der Waals surface area (Å²) >= 11 is 0. The van der Waals surface area contributed by atoms with Crippen LogP contribution in [0, 0.1) is 0 Å². The summed E-state index contributed by atoms with van der Waals surface area (Å²) in [5.74, 6) is 0.687. The second kappa shape index (κ2) is 7.38. The molecule has 0 radical (unpaired) electrons. The Bertz CT molecular complexity index is 891. The summed E-state index contributed by atoms with van der Waals surface area (Å²) in [7, 11) is 0. The van der Waals surface area contributed by atoms with Crippen LogP contribution < -0.4 is 5.32 Å². The quantitative estimate of drug-likeness (QED) is 0.820. The zero-order chi connectivity index (χ0) is 20.8. The van der Waals surface area contributed by atoms with Gasteiger partial charge >= 0.3 is 6.18 Å². The van der Waals surface area contributed by atoms with Crippen molar-refractivity contribution in [2.75, 3.05) is 11.9 Å². The molecule has 0 saturated carbocycles. The molecule has 2 aliphatic rings. The first kappa shape index (κ1) is 19.8. The number of hydrogen-bond acceptors (Lipinski definition) is 5. The second-order valence-electron chi connectivity index (χ2n) is 7.63. The number of aromatic nitrogens is 3. The molecule has 3 atom stereocenters. The highest BCUT2D eigenvalue weighted by atomic mass is 19.4. The first-order valence-electron chi connectivity index (χ1n) is 10.0. The largest absolute Gasteiger partial charge is 0.410 e. The van der Waals surface area contributed by atoms with Gasteiger partial charge in [0, 0.05) is 31.1 Å². The lowest BCUT2D eigenvalue weighted by molar-refractivity contribution is -0.173. The van der Waals surface area contributed by atoms with Crippen molar-refractivity contribution in [2.45, 2.75) is 70.3 Å². The van der Waals surface area contributed by atoms with Gasteiger partial charge in [0.05, 0.1) is 11.7 Å². The van der Waals surface area contributed by atoms with E-state index in [1.165, 1.54) is 0 Å². The molecule has 0 bridgehead atoms. The van der Waals surface area contributed by atoms with Crippen LogP contribution in [0.5, 0.6) is 0 Å². The van der Waals surface area contributed by atoms with E-state index >= 15 is 0 Å². The van der Waals surface area contributed by atoms with E-state index in [1.54, 1.807) is 17.0 Å². The molecular weight excluding hydrogens is 387 g/mol. The third-order valence-corrected chi connectivity index (χ3v) is 5.76. The van der Waals surface area contributed by atoms with Crippen molar-refractivity contribution < 1.29 is 22.5 Å². The number of nitrogens with one attached hydrogen (secondary N) is 1. The molecule has 1 fully saturated rings. The number of carbonyl (C=O) groups excluding carboxylic acids is 1. The Morgan fingerprint density at radius 2 is 2.14 bits per heavy atom. The van der Waals surface area contributed by atoms with Crippen molar-refractivity contribution in [3.63, 3.8) is 0 Å². The zero-order valence-corrected chi connectivity index (χ0v) is 16.4. The maximum absolute atomic E-state index is 13.6. The minimum atomic E-state index is -4.38. The molecule has 0 aliphatic carbocycles. The predicted molar refractivity (Wildman–Crippen MR) is 98.5 cm³/mol. The van der Waals surface area contributed by atoms with Crippen LogP contribution >= 0.6 is 0 Å². The number of rotatable bonds is 4. The summed E-state index contributed by atoms with van der Waals surface area (Å²) in [5, 5.41) is 11.3. The fourth-order valence-electron chi connectivity index (χ4n) is 4.14. The van der Waals surface area contributed by atoms with Gasteiger partial charge in [-0.05, 0) is 25.7 Å². The predicted octanol–water partition coefficient (Wildman–Crippen LogP) is 4.11. The van der Waals surface area contributed by atoms with Crippen molar-refractivity contribution in [1.29, 1.82) is 0 Å². The molecule has 0 spiro atoms. The number of halogens is 3. The number of hydrogen-bond donors (Lipinski definition) is 1. The van der Waals surface area contributed by atoms with Crippen LogP contribution in [0.1, 0.15) is 73.6 Å². The molecule has 29 heavy (non-hydrogen) atoms. The van der Waals surface area contributed by atoms with Crippen LogP contribution in [-0.4, -0.2) is 44.5 Å². The Hall–Kier alpha value is -2.52. The standard InChI is InChI=1S/C19H24F3N5O2/c1-3-11-8-16(19(20,21)22)27-17(23-11)10-13(24-27)15-6-5-7-26(15)18(28)14-9-12(4-2)29-25-14/h9-11,15-16,23H,3-8H2,1-2H3/t11-,15-,16-/m1/s1. The number of fused-ring (bicyclic) bond motifs is 1. The third-order valence-electron chi connectivity index (χ3n) is 5.76. The van der Waals surface area contributed by atoms with Crippen LogP contribution in [0.4, 0.5) is 19.0 Å². The summed E-state index contributed by atoms with van der Waals surface area (Å²) in [5.41, 5.74) is 0.693. The highest BCUT2D eigenvalue weighted by molar-refractivity contribution is 5.92. The van der Waals surface area contributed by atoms with E-state index in [0.717, 1.165) is 11.1 Å². The lowest BCUT2D eigenvalue weighted by Gasteiger charge is -2.32. The Kier molecular flexibility index (Phi) is 5.04. The van der Waals surface area contributed by atoms with E-state index in [1.807, 2.05) is 13.8 Å². The smallest absolute Gasteiger partial charge is 0.367 e. The normalized spacial score (nSPS) is 24.4. The molecule has 2 aromatic rings. The van der Waals surface area contributed by atoms with Gasteiger partial charge in [0.2, 0.25) is 0 Å². The average Bonchev–Trinajstić information content (AvgIpc) is 3.43. The molecule has 0 aromatic carbocycles. The van der Waals surface area contributed by atoms with Crippen molar-refractivity contribution >= 4 is 11.7 Å². The highest BCUT2D eigenvalue weighted by Crippen LogP contribution is 2.42. The minimum absolute atomic E-state index is 0.0554. The number of nitrogens with zero attached hydrogens (tertiary/aromatic N) is 4. The van der Waals surface area contributed by atoms with E-state index < -0.39 is 12.2 Å². The summed E-state index contributed by atoms with van der Waals surface area (Å²) in [6.07, 6.45) is -1.82. The van der Waals surface area contributed by atoms with Gasteiger partial charge in [-0.2, -0.15) is 18.3 Å². The van der Waals surface area contributed by atoms with Crippen molar-refractivity contribution in [3.8, 4) is 0 Å². The fourth-order valence-corrected chi connectivity index (χ4v) is 4.14. The van der Waals surface area contributed by atoms with Gasteiger partial charge in [-0.3, -0.25) is 4.79 Å². The molecule has 0 unspecified atom stereocenters. The molecule has 4 heterocycles. The van der Waals surface area contributed by atoms with Crippen LogP contribution in [0.25, 0.3) is 0 Å². The number of aryl methyl sites for hydroxylation is 1. The van der Waals surface area contributed by atoms with Gasteiger partial charge in [-0.25, -0.2) is 4.68 Å². The number of carbonyl (C=O) groups is 1. The molecule has 158 valence electrons. The minimum Gasteiger partial charge on any atom is -0.367 e. The van der Waals surface area contributed by atoms with Gasteiger partial charge < -0.3 is 14.7 Å². The van der Waals surface area contributed by atoms with Gasteiger partial charge in [-0.1, -0.05) is 19.0 Å². The molecule has 2 aromatic heterocycles. The summed E-state index contributed by atoms with van der Waals surface area (Å²) in [6, 6.07) is 0.964. The molecule has 1 amide bonds. The van der Waals surface area contributed by atoms with Crippen LogP contribution in [-0.2, 0) is 6.42 Å². The lowest BCUT2D eigenvalue weighted by Crippen LogP contribution is -2.39. The SMILES string of the molecule is CCc1cc(C(=O)N2CCC[C@@H]2c2cc3n(n2)[C@@H](C(F)(F)F)C[C@@H](CC)N3)no1. The molecule has 4 rings (SSSR count). The van der Waals surface area contributed by atoms with E-state index in [4.69, 9.17) is 4.52 Å². The molecule has 1 saturated heterocycles. The number of likely N-dealkylation sites (tertiary alicyclic amines) is 1. The summed E-state index contributed by atoms with van der Waals surface area (Å²) < 4.78 is 47.0. The molecule has 10 heteroatoms. The Morgan fingerprint density at radius 3 is 2.79 bits per heavy atom. The summed E-state index contributed by atoms with van der Waals surface area (Å²) in [6.45, 7) is 4.27. The van der Waals surface area contributed by atoms with Crippen LogP contribution in [0.15, 0.2) is 16.7 Å². The maximum atomic E-state index is 13.6. The van der Waals surface area contributed by atoms with E-state index in [2.05, 4.69) is 15.6 Å². The van der Waals surface area contributed by atoms with Crippen LogP contribution in [0.3, 0.4) is 0 Å². The van der Waals surface area contributed by atoms with Gasteiger partial charge in [-0.15, -0.1) is 0 Å². The lowest BCUT2D eigenvalue weighted by atomic mass is 10.0. The number of anilines is 1. The average molecular weight is 411 g/mol. The molecule has 1 N–H and O–H groups in total. The molecule has 7 nitrogen and oxygen atoms in total. The Morgan fingerprint density at radius 1 is 1.34 bits per heavy atom. The summed E-state index contributed by atoms with van der Waals surface area (Å²) in [4.78, 5) is 14.5. The highest BCUT2D eigenvalue weighted by Gasteiger charge is 2.46. The van der Waals surface area contributed by atoms with E-state index in [0.29, 0.717) is 43.1 Å². The fraction of sp³-hybridized carbons (Fsp3) is 0.632. The van der Waals surface area contributed by atoms with Crippen molar-refractivity contribution in [1.82, 2.24) is 19.8 Å². The Balaban J connectivity index is 1.63. The first-order valence-corrected chi connectivity index (χ1v) is 10.0. The van der Waals surface area contributed by atoms with Gasteiger partial charge in [0.1, 0.15) is 11.6 Å². The monoisotopic (exact) mass is 411 g/mol. The van der Waals surface area contributed by atoms with E-state index in [-0.39, 0.29) is 30.1 Å². The third kappa shape index (κ3) is 3.60. The van der Waals surface area contributed by atoms with Gasteiger partial charge in [0.15, 0.2) is 11.7 Å². The zero-order valence-electron chi connectivity index (χ0n) is 16.4. The Labute approximate surface area is 166 Å². The van der Waals surface area contributed by atoms with Crippen LogP contribution in [0.2, 0.25) is 0 Å². The van der Waals surface area contributed by atoms with E-state index in [9.17, 15) is 18.0 Å². The molecular formula is C19H24F3N5O2. The topological polar surface area (TPSA) is 76.2 Å². The second-order valence-corrected chi connectivity index (χ2v) is 7.63. The maximum Gasteiger partial charge on any atom is 0.410 e. The number of alkyl halides is 3. The van der Waals surface area contributed by atoms with Crippen molar-refractivity contribution in [3.05, 3.63) is 29.3 Å². The molecule has 2 aliphatic heterocycles.